The highest BCUT2D eigenvalue weighted by molar-refractivity contribution is 7.80. The number of anilines is 2. The number of hydrogen-bond donors (Lipinski definition) is 2. The van der Waals surface area contributed by atoms with Crippen molar-refractivity contribution in [1.82, 2.24) is 29.8 Å². The lowest BCUT2D eigenvalue weighted by Crippen LogP contribution is -2.60. The molecule has 332 valence electrons. The average molecular weight is 888 g/mol. The lowest BCUT2D eigenvalue weighted by atomic mass is 9.82. The normalized spacial score (nSPS) is 24.1. The van der Waals surface area contributed by atoms with Crippen LogP contribution in [0.5, 0.6) is 0 Å². The molecule has 0 bridgehead atoms. The highest BCUT2D eigenvalue weighted by Gasteiger charge is 2.53. The Morgan fingerprint density at radius 2 is 1.76 bits per heavy atom. The van der Waals surface area contributed by atoms with Crippen LogP contribution < -0.4 is 15.5 Å². The molecule has 4 amide bonds. The number of nitriles is 1. The van der Waals surface area contributed by atoms with Crippen LogP contribution in [-0.4, -0.2) is 110 Å². The summed E-state index contributed by atoms with van der Waals surface area (Å²) in [6, 6.07) is 7.68. The molecule has 3 aromatic rings. The highest BCUT2D eigenvalue weighted by atomic mass is 32.1. The molecule has 0 radical (unpaired) electrons. The smallest absolute Gasteiger partial charge is 0.331 e. The number of amides is 4. The molecule has 1 unspecified atom stereocenters. The Labute approximate surface area is 359 Å². The fraction of sp³-hybridized carbons (Fsp3) is 0.548. The SMILES string of the molecule is Cn1nc(C2CCC(=O)NC2=O)c2cccc(NC(=O)CN3CCN(CCCC4CCC(N5C(=S)N(c6ccc(C#N)c(C(F)(F)F)c6)C(=O)C5(C)C)CC4)C[C@@H]3C(F)(F)F)c21. The average Bonchev–Trinajstić information content (AvgIpc) is 3.63. The van der Waals surface area contributed by atoms with Crippen LogP contribution in [0.15, 0.2) is 36.4 Å². The first-order valence-corrected chi connectivity index (χ1v) is 21.0. The van der Waals surface area contributed by atoms with Crippen LogP contribution >= 0.6 is 12.2 Å². The minimum absolute atomic E-state index is 0.0273. The van der Waals surface area contributed by atoms with Gasteiger partial charge in [-0.2, -0.15) is 36.7 Å². The van der Waals surface area contributed by atoms with E-state index in [9.17, 15) is 50.8 Å². The Hall–Kier alpha value is -5.13. The number of nitrogens with zero attached hydrogens (tertiary/aromatic N) is 7. The maximum absolute atomic E-state index is 14.5. The first-order chi connectivity index (χ1) is 29.2. The summed E-state index contributed by atoms with van der Waals surface area (Å²) in [5.74, 6) is -2.29. The number of thiocarbonyl (C=S) groups is 1. The monoisotopic (exact) mass is 887 g/mol. The predicted molar refractivity (Wildman–Crippen MR) is 219 cm³/mol. The van der Waals surface area contributed by atoms with E-state index in [0.717, 1.165) is 41.2 Å². The van der Waals surface area contributed by atoms with Gasteiger partial charge in [0.15, 0.2) is 5.11 Å². The van der Waals surface area contributed by atoms with Crippen molar-refractivity contribution in [2.24, 2.45) is 13.0 Å². The van der Waals surface area contributed by atoms with Gasteiger partial charge in [-0.1, -0.05) is 12.1 Å². The first kappa shape index (κ1) is 44.9. The van der Waals surface area contributed by atoms with Crippen molar-refractivity contribution in [3.05, 3.63) is 53.2 Å². The number of halogens is 6. The Morgan fingerprint density at radius 3 is 2.42 bits per heavy atom. The van der Waals surface area contributed by atoms with Gasteiger partial charge >= 0.3 is 12.4 Å². The minimum Gasteiger partial charge on any atom is -0.331 e. The largest absolute Gasteiger partial charge is 0.417 e. The predicted octanol–water partition coefficient (Wildman–Crippen LogP) is 6.22. The van der Waals surface area contributed by atoms with Crippen LogP contribution in [0.2, 0.25) is 0 Å². The number of fused-ring (bicyclic) bond motifs is 1. The lowest BCUT2D eigenvalue weighted by Gasteiger charge is -2.42. The molecular weight excluding hydrogens is 841 g/mol. The summed E-state index contributed by atoms with van der Waals surface area (Å²) in [7, 11) is 1.64. The molecule has 1 aromatic heterocycles. The molecule has 4 fully saturated rings. The van der Waals surface area contributed by atoms with Crippen LogP contribution in [0.1, 0.15) is 88.0 Å². The molecule has 2 N–H and O–H groups in total. The number of para-hydroxylation sites is 1. The quantitative estimate of drug-likeness (QED) is 0.137. The first-order valence-electron chi connectivity index (χ1n) is 20.6. The molecule has 2 aromatic carbocycles. The zero-order valence-corrected chi connectivity index (χ0v) is 35.2. The maximum atomic E-state index is 14.5. The van der Waals surface area contributed by atoms with Gasteiger partial charge in [-0.05, 0) is 108 Å². The topological polar surface area (TPSA) is 147 Å². The number of hydrogen-bond acceptors (Lipinski definition) is 9. The van der Waals surface area contributed by atoms with E-state index in [-0.39, 0.29) is 54.6 Å². The van der Waals surface area contributed by atoms with Crippen LogP contribution in [-0.2, 0) is 32.4 Å². The molecule has 3 aliphatic heterocycles. The third kappa shape index (κ3) is 8.89. The number of carbonyl (C=O) groups is 4. The zero-order valence-electron chi connectivity index (χ0n) is 34.4. The molecule has 20 heteroatoms. The summed E-state index contributed by atoms with van der Waals surface area (Å²) >= 11 is 5.72. The van der Waals surface area contributed by atoms with Crippen molar-refractivity contribution < 1.29 is 45.5 Å². The van der Waals surface area contributed by atoms with E-state index in [1.807, 2.05) is 4.90 Å². The summed E-state index contributed by atoms with van der Waals surface area (Å²) in [4.78, 5) is 57.1. The van der Waals surface area contributed by atoms with Crippen LogP contribution in [0.4, 0.5) is 37.7 Å². The van der Waals surface area contributed by atoms with Gasteiger partial charge in [-0.15, -0.1) is 0 Å². The van der Waals surface area contributed by atoms with Crippen molar-refractivity contribution in [3.8, 4) is 6.07 Å². The number of carbonyl (C=O) groups excluding carboxylic acids is 4. The zero-order chi connectivity index (χ0) is 44.9. The molecule has 1 aliphatic carbocycles. The van der Waals surface area contributed by atoms with Crippen LogP contribution in [0.25, 0.3) is 10.9 Å². The third-order valence-corrected chi connectivity index (χ3v) is 13.1. The summed E-state index contributed by atoms with van der Waals surface area (Å²) in [6.45, 7) is 3.42. The van der Waals surface area contributed by atoms with Gasteiger partial charge < -0.3 is 15.1 Å². The van der Waals surface area contributed by atoms with Crippen molar-refractivity contribution in [1.29, 1.82) is 5.26 Å². The van der Waals surface area contributed by atoms with Crippen molar-refractivity contribution in [2.45, 2.75) is 101 Å². The van der Waals surface area contributed by atoms with Gasteiger partial charge in [0.25, 0.3) is 5.91 Å². The molecule has 4 aliphatic rings. The molecule has 2 atom stereocenters. The van der Waals surface area contributed by atoms with E-state index in [4.69, 9.17) is 12.2 Å². The number of piperidine rings is 1. The van der Waals surface area contributed by atoms with E-state index in [0.29, 0.717) is 54.6 Å². The molecule has 7 rings (SSSR count). The molecule has 0 spiro atoms. The second kappa shape index (κ2) is 17.2. The number of benzene rings is 2. The van der Waals surface area contributed by atoms with Crippen LogP contribution in [0, 0.1) is 17.2 Å². The Balaban J connectivity index is 0.910. The summed E-state index contributed by atoms with van der Waals surface area (Å²) < 4.78 is 86.2. The maximum Gasteiger partial charge on any atom is 0.417 e. The lowest BCUT2D eigenvalue weighted by molar-refractivity contribution is -0.197. The van der Waals surface area contributed by atoms with Crippen molar-refractivity contribution >= 4 is 63.2 Å². The van der Waals surface area contributed by atoms with E-state index in [1.54, 1.807) is 50.1 Å². The Bertz CT molecular complexity index is 2320. The molecule has 1 saturated carbocycles. The van der Waals surface area contributed by atoms with Gasteiger partial charge in [0.2, 0.25) is 17.7 Å². The van der Waals surface area contributed by atoms with Gasteiger partial charge in [0, 0.05) is 44.5 Å². The highest BCUT2D eigenvalue weighted by Crippen LogP contribution is 2.42. The molecule has 4 heterocycles. The second-order valence-electron chi connectivity index (χ2n) is 17.1. The standard InChI is InChI=1S/C42H47F6N9O4S/c1-40(2)38(61)56(27-14-11-25(21-49)30(20-27)41(43,44)45)39(62)57(40)26-12-9-24(10-13-26)6-5-17-54-18-19-55(32(22-54)42(46,47)48)23-34(59)50-31-8-4-7-28-35(52-53(3)36(28)31)29-15-16-33(58)51-37(29)60/h4,7-8,11,14,20,24,26,29,32H,5-6,9-10,12-13,15-19,22-23H2,1-3H3,(H,50,59)(H,51,58,60)/t24?,26?,29?,32-/m1/s1. The van der Waals surface area contributed by atoms with Gasteiger partial charge in [-0.25, -0.2) is 0 Å². The van der Waals surface area contributed by atoms with Crippen LogP contribution in [0.3, 0.4) is 0 Å². The Kier molecular flexibility index (Phi) is 12.5. The molecule has 62 heavy (non-hydrogen) atoms. The minimum atomic E-state index is -4.81. The van der Waals surface area contributed by atoms with E-state index in [2.05, 4.69) is 15.7 Å². The van der Waals surface area contributed by atoms with E-state index < -0.39 is 65.2 Å². The molecule has 3 saturated heterocycles. The van der Waals surface area contributed by atoms with Gasteiger partial charge in [-0.3, -0.25) is 39.0 Å². The number of nitrogens with one attached hydrogen (secondary N) is 2. The number of rotatable bonds is 10. The van der Waals surface area contributed by atoms with E-state index in [1.165, 1.54) is 10.7 Å². The number of aryl methyl sites for hydroxylation is 1. The van der Waals surface area contributed by atoms with Crippen molar-refractivity contribution in [2.75, 3.05) is 42.9 Å². The van der Waals surface area contributed by atoms with E-state index >= 15 is 0 Å². The fourth-order valence-corrected chi connectivity index (χ4v) is 10.1. The fourth-order valence-electron chi connectivity index (χ4n) is 9.58. The summed E-state index contributed by atoms with van der Waals surface area (Å²) in [5, 5.41) is 19.5. The summed E-state index contributed by atoms with van der Waals surface area (Å²) in [6.07, 6.45) is -4.61. The number of piperazine rings is 1. The third-order valence-electron chi connectivity index (χ3n) is 12.7. The van der Waals surface area contributed by atoms with Crippen molar-refractivity contribution in [3.63, 3.8) is 0 Å². The molecule has 13 nitrogen and oxygen atoms in total. The van der Waals surface area contributed by atoms with Gasteiger partial charge in [0.1, 0.15) is 11.6 Å². The summed E-state index contributed by atoms with van der Waals surface area (Å²) in [5.41, 5.74) is -1.61. The molecular formula is C42H47F6N9O4S. The second-order valence-corrected chi connectivity index (χ2v) is 17.5. The Morgan fingerprint density at radius 1 is 1.03 bits per heavy atom. The number of imide groups is 1. The number of aromatic nitrogens is 2. The number of alkyl halides is 6. The van der Waals surface area contributed by atoms with Gasteiger partial charge in [0.05, 0.1) is 52.2 Å².